The lowest BCUT2D eigenvalue weighted by atomic mass is 10.1. The number of morpholine rings is 1. The van der Waals surface area contributed by atoms with Crippen molar-refractivity contribution >= 4 is 22.9 Å². The van der Waals surface area contributed by atoms with E-state index in [2.05, 4.69) is 15.6 Å². The lowest BCUT2D eigenvalue weighted by Crippen LogP contribution is -2.35. The Bertz CT molecular complexity index is 648. The van der Waals surface area contributed by atoms with Crippen molar-refractivity contribution < 1.29 is 9.53 Å². The Hall–Kier alpha value is -1.76. The third kappa shape index (κ3) is 4.37. The van der Waals surface area contributed by atoms with E-state index >= 15 is 0 Å². The first-order valence-corrected chi connectivity index (χ1v) is 8.77. The van der Waals surface area contributed by atoms with E-state index in [0.29, 0.717) is 6.42 Å². The summed E-state index contributed by atoms with van der Waals surface area (Å²) in [5, 5.41) is 6.08. The number of rotatable bonds is 5. The van der Waals surface area contributed by atoms with Crippen molar-refractivity contribution in [1.29, 1.82) is 0 Å². The number of carbonyl (C=O) groups excluding carboxylic acids is 1. The van der Waals surface area contributed by atoms with Crippen LogP contribution in [0, 0.1) is 0 Å². The molecule has 0 unspecified atom stereocenters. The first kappa shape index (κ1) is 16.1. The van der Waals surface area contributed by atoms with Gasteiger partial charge in [-0.3, -0.25) is 9.69 Å². The largest absolute Gasteiger partial charge is 0.379 e. The van der Waals surface area contributed by atoms with Gasteiger partial charge in [0.25, 0.3) is 0 Å². The summed E-state index contributed by atoms with van der Waals surface area (Å²) < 4.78 is 5.37. The van der Waals surface area contributed by atoms with Gasteiger partial charge < -0.3 is 10.1 Å². The molecule has 0 aliphatic carbocycles. The molecule has 1 fully saturated rings. The van der Waals surface area contributed by atoms with Crippen molar-refractivity contribution in [1.82, 2.24) is 9.88 Å². The average molecular weight is 331 g/mol. The summed E-state index contributed by atoms with van der Waals surface area (Å²) in [5.74, 6) is 0.0270. The molecule has 6 heteroatoms. The van der Waals surface area contributed by atoms with Crippen LogP contribution in [0.1, 0.15) is 18.4 Å². The zero-order valence-electron chi connectivity index (χ0n) is 13.2. The van der Waals surface area contributed by atoms with E-state index < -0.39 is 0 Å². The molecule has 0 radical (unpaired) electrons. The number of hydrogen-bond acceptors (Lipinski definition) is 5. The summed E-state index contributed by atoms with van der Waals surface area (Å²) in [4.78, 5) is 18.5. The van der Waals surface area contributed by atoms with E-state index in [1.807, 2.05) is 31.2 Å². The number of amides is 1. The van der Waals surface area contributed by atoms with Gasteiger partial charge in [0, 0.05) is 36.1 Å². The van der Waals surface area contributed by atoms with Crippen LogP contribution < -0.4 is 5.32 Å². The van der Waals surface area contributed by atoms with Gasteiger partial charge >= 0.3 is 0 Å². The summed E-state index contributed by atoms with van der Waals surface area (Å²) in [6.45, 7) is 6.29. The van der Waals surface area contributed by atoms with Gasteiger partial charge in [0.2, 0.25) is 5.91 Å². The first-order valence-electron chi connectivity index (χ1n) is 7.89. The van der Waals surface area contributed by atoms with Crippen molar-refractivity contribution in [3.63, 3.8) is 0 Å². The summed E-state index contributed by atoms with van der Waals surface area (Å²) in [6.07, 6.45) is 0.485. The maximum Gasteiger partial charge on any atom is 0.224 e. The molecule has 2 heterocycles. The Morgan fingerprint density at radius 2 is 2.04 bits per heavy atom. The van der Waals surface area contributed by atoms with Crippen LogP contribution in [0.15, 0.2) is 29.6 Å². The number of nitrogens with one attached hydrogen (secondary N) is 1. The fourth-order valence-electron chi connectivity index (χ4n) is 2.44. The van der Waals surface area contributed by atoms with Gasteiger partial charge in [-0.15, -0.1) is 11.3 Å². The normalized spacial score (nSPS) is 15.5. The highest BCUT2D eigenvalue weighted by atomic mass is 32.1. The summed E-state index contributed by atoms with van der Waals surface area (Å²) in [6, 6.07) is 7.84. The number of anilines is 1. The van der Waals surface area contributed by atoms with Crippen molar-refractivity contribution in [3.8, 4) is 11.3 Å². The van der Waals surface area contributed by atoms with Gasteiger partial charge in [-0.05, 0) is 12.1 Å². The SMILES string of the molecule is CCC(=O)Nc1ccc(-c2csc(CN3CCOCC3)n2)cc1. The molecule has 5 nitrogen and oxygen atoms in total. The molecule has 2 aromatic rings. The van der Waals surface area contributed by atoms with Gasteiger partial charge in [-0.25, -0.2) is 4.98 Å². The fourth-order valence-corrected chi connectivity index (χ4v) is 3.28. The molecule has 3 rings (SSSR count). The second-order valence-corrected chi connectivity index (χ2v) is 6.44. The van der Waals surface area contributed by atoms with E-state index in [1.54, 1.807) is 11.3 Å². The van der Waals surface area contributed by atoms with Gasteiger partial charge in [0.05, 0.1) is 25.5 Å². The molecule has 1 aliphatic rings. The molecule has 1 aromatic carbocycles. The number of hydrogen-bond donors (Lipinski definition) is 1. The number of benzene rings is 1. The summed E-state index contributed by atoms with van der Waals surface area (Å²) in [5.41, 5.74) is 2.89. The maximum atomic E-state index is 11.4. The Kier molecular flexibility index (Phi) is 5.38. The minimum absolute atomic E-state index is 0.0270. The van der Waals surface area contributed by atoms with Crippen LogP contribution >= 0.6 is 11.3 Å². The molecular weight excluding hydrogens is 310 g/mol. The van der Waals surface area contributed by atoms with Crippen LogP contribution in [0.25, 0.3) is 11.3 Å². The predicted molar refractivity (Wildman–Crippen MR) is 92.6 cm³/mol. The van der Waals surface area contributed by atoms with Crippen LogP contribution in [0.2, 0.25) is 0 Å². The van der Waals surface area contributed by atoms with E-state index in [1.165, 1.54) is 0 Å². The molecule has 1 aromatic heterocycles. The second kappa shape index (κ2) is 7.68. The van der Waals surface area contributed by atoms with Crippen molar-refractivity contribution in [3.05, 3.63) is 34.7 Å². The quantitative estimate of drug-likeness (QED) is 0.915. The topological polar surface area (TPSA) is 54.5 Å². The van der Waals surface area contributed by atoms with Crippen LogP contribution in [0.3, 0.4) is 0 Å². The lowest BCUT2D eigenvalue weighted by molar-refractivity contribution is -0.115. The monoisotopic (exact) mass is 331 g/mol. The molecule has 0 bridgehead atoms. The van der Waals surface area contributed by atoms with E-state index in [9.17, 15) is 4.79 Å². The van der Waals surface area contributed by atoms with Crippen molar-refractivity contribution in [2.45, 2.75) is 19.9 Å². The van der Waals surface area contributed by atoms with Crippen LogP contribution in [0.4, 0.5) is 5.69 Å². The first-order chi connectivity index (χ1) is 11.2. The maximum absolute atomic E-state index is 11.4. The molecule has 23 heavy (non-hydrogen) atoms. The number of aromatic nitrogens is 1. The lowest BCUT2D eigenvalue weighted by Gasteiger charge is -2.25. The number of thiazole rings is 1. The van der Waals surface area contributed by atoms with Gasteiger partial charge in [0.15, 0.2) is 0 Å². The zero-order chi connectivity index (χ0) is 16.1. The minimum atomic E-state index is 0.0270. The number of carbonyl (C=O) groups is 1. The van der Waals surface area contributed by atoms with Gasteiger partial charge in [-0.1, -0.05) is 19.1 Å². The Balaban J connectivity index is 1.64. The molecule has 1 amide bonds. The van der Waals surface area contributed by atoms with Crippen LogP contribution in [-0.4, -0.2) is 42.1 Å². The average Bonchev–Trinajstić information content (AvgIpc) is 3.05. The molecule has 0 spiro atoms. The smallest absolute Gasteiger partial charge is 0.224 e. The summed E-state index contributed by atoms with van der Waals surface area (Å²) in [7, 11) is 0. The third-order valence-electron chi connectivity index (χ3n) is 3.80. The molecule has 1 N–H and O–H groups in total. The van der Waals surface area contributed by atoms with E-state index in [4.69, 9.17) is 9.72 Å². The molecule has 1 saturated heterocycles. The third-order valence-corrected chi connectivity index (χ3v) is 4.63. The molecule has 0 atom stereocenters. The fraction of sp³-hybridized carbons (Fsp3) is 0.412. The van der Waals surface area contributed by atoms with E-state index in [-0.39, 0.29) is 5.91 Å². The van der Waals surface area contributed by atoms with Crippen molar-refractivity contribution in [2.75, 3.05) is 31.6 Å². The van der Waals surface area contributed by atoms with Crippen molar-refractivity contribution in [2.24, 2.45) is 0 Å². The van der Waals surface area contributed by atoms with Crippen LogP contribution in [0.5, 0.6) is 0 Å². The molecule has 1 aliphatic heterocycles. The predicted octanol–water partition coefficient (Wildman–Crippen LogP) is 2.99. The van der Waals surface area contributed by atoms with Crippen LogP contribution in [-0.2, 0) is 16.1 Å². The number of nitrogens with zero attached hydrogens (tertiary/aromatic N) is 2. The zero-order valence-corrected chi connectivity index (χ0v) is 14.1. The second-order valence-electron chi connectivity index (χ2n) is 5.49. The Morgan fingerprint density at radius 3 is 2.74 bits per heavy atom. The molecule has 122 valence electrons. The molecular formula is C17H21N3O2S. The van der Waals surface area contributed by atoms with E-state index in [0.717, 1.165) is 54.8 Å². The Labute approximate surface area is 140 Å². The summed E-state index contributed by atoms with van der Waals surface area (Å²) >= 11 is 1.69. The minimum Gasteiger partial charge on any atom is -0.379 e. The van der Waals surface area contributed by atoms with Gasteiger partial charge in [0.1, 0.15) is 5.01 Å². The highest BCUT2D eigenvalue weighted by Crippen LogP contribution is 2.24. The highest BCUT2D eigenvalue weighted by Gasteiger charge is 2.13. The molecule has 0 saturated carbocycles. The highest BCUT2D eigenvalue weighted by molar-refractivity contribution is 7.09. The standard InChI is InChI=1S/C17H21N3O2S/c1-2-16(21)18-14-5-3-13(4-6-14)15-12-23-17(19-15)11-20-7-9-22-10-8-20/h3-6,12H,2,7-11H2,1H3,(H,18,21). The number of ether oxygens (including phenoxy) is 1. The van der Waals surface area contributed by atoms with Gasteiger partial charge in [-0.2, -0.15) is 0 Å². The Morgan fingerprint density at radius 1 is 1.30 bits per heavy atom.